The van der Waals surface area contributed by atoms with Crippen molar-refractivity contribution in [2.24, 2.45) is 11.8 Å². The number of piperazine rings is 1. The van der Waals surface area contributed by atoms with Gasteiger partial charge in [-0.25, -0.2) is 24.5 Å². The Morgan fingerprint density at radius 1 is 0.853 bits per heavy atom. The highest BCUT2D eigenvalue weighted by Gasteiger charge is 2.76. The number of ether oxygens (including phenoxy) is 2. The number of nitrogens with one attached hydrogen (secondary N) is 1. The van der Waals surface area contributed by atoms with E-state index in [0.717, 1.165) is 10.5 Å². The number of cyclic esters (lactones) is 1. The Morgan fingerprint density at radius 3 is 2.15 bits per heavy atom. The Kier molecular flexibility index (Phi) is 12.7. The number of phenolic OH excluding ortho intramolecular Hbond substituents is 1. The number of aromatic nitrogens is 2. The first-order chi connectivity index (χ1) is 33.0. The molecule has 1 spiro atoms. The fraction of sp³-hybridized carbons (Fsp3) is 0.327. The summed E-state index contributed by atoms with van der Waals surface area (Å²) in [5.74, 6) is 1.65. The summed E-state index contributed by atoms with van der Waals surface area (Å²) < 4.78 is 11.7. The summed E-state index contributed by atoms with van der Waals surface area (Å²) >= 11 is 0. The average molecular weight is 918 g/mol. The van der Waals surface area contributed by atoms with E-state index in [2.05, 4.69) is 27.1 Å². The molecule has 5 aromatic rings. The smallest absolute Gasteiger partial charge is 0.329 e. The largest absolute Gasteiger partial charge is 0.508 e. The average Bonchev–Trinajstić information content (AvgIpc) is 3.82. The van der Waals surface area contributed by atoms with Gasteiger partial charge in [0.2, 0.25) is 17.8 Å². The summed E-state index contributed by atoms with van der Waals surface area (Å²) in [6, 6.07) is 26.1. The molecule has 3 fully saturated rings. The van der Waals surface area contributed by atoms with Crippen molar-refractivity contribution in [3.05, 3.63) is 149 Å². The quantitative estimate of drug-likeness (QED) is 0.135. The van der Waals surface area contributed by atoms with Gasteiger partial charge in [0.05, 0.1) is 37.4 Å². The van der Waals surface area contributed by atoms with E-state index in [1.54, 1.807) is 67.5 Å². The number of aliphatic hydroxyl groups excluding tert-OH is 1. The first-order valence-corrected chi connectivity index (χ1v) is 22.6. The number of morpholine rings is 1. The zero-order chi connectivity index (χ0) is 47.7. The van der Waals surface area contributed by atoms with Crippen LogP contribution in [0.1, 0.15) is 66.3 Å². The summed E-state index contributed by atoms with van der Waals surface area (Å²) in [5, 5.41) is 23.2. The third-order valence-electron chi connectivity index (χ3n) is 13.4. The van der Waals surface area contributed by atoms with Gasteiger partial charge in [0.25, 0.3) is 0 Å². The number of benzene rings is 4. The molecular formula is C52H51N7O9. The molecule has 3 saturated heterocycles. The number of imide groups is 1. The molecule has 0 saturated carbocycles. The van der Waals surface area contributed by atoms with Crippen LogP contribution in [0.5, 0.6) is 5.75 Å². The number of hydrogen-bond acceptors (Lipinski definition) is 13. The Bertz CT molecular complexity index is 2760. The SMILES string of the molecule is COC(=O)[C@@H](NC(=O)N1C(=O)[C@@]2(c3cc(C#CCCO)ccc31)[C@H](C(=O)N1CCN(c3ncccn3)CC1)[C@H]1C(=O)O[C@H](c3ccccc3)[C@H](c3ccccc3)N1[C@@H]2c1ccc(O)cc1)C(C)C. The first-order valence-electron chi connectivity index (χ1n) is 22.6. The van der Waals surface area contributed by atoms with Gasteiger partial charge in [0.1, 0.15) is 29.4 Å². The van der Waals surface area contributed by atoms with Gasteiger partial charge in [0.15, 0.2) is 0 Å². The lowest BCUT2D eigenvalue weighted by Crippen LogP contribution is -2.60. The van der Waals surface area contributed by atoms with Crippen LogP contribution >= 0.6 is 0 Å². The summed E-state index contributed by atoms with van der Waals surface area (Å²) in [5.41, 5.74) is 0.547. The van der Waals surface area contributed by atoms with Gasteiger partial charge in [-0.3, -0.25) is 19.3 Å². The molecule has 0 unspecified atom stereocenters. The zero-order valence-electron chi connectivity index (χ0n) is 37.8. The van der Waals surface area contributed by atoms with E-state index in [-0.39, 0.29) is 43.1 Å². The number of amides is 4. The number of urea groups is 1. The standard InChI is InChI=1S/C52H51N7O9/c1-32(2)41(47(63)67-3)55-51(66)58-39-23-18-33(13-10-11-30-60)31-38(39)52(49(58)65)40(46(62)56-26-28-57(29-27-56)50-53-24-12-25-54-50)43-48(64)68-44(35-16-8-5-9-17-35)42(34-14-6-4-7-15-34)59(43)45(52)36-19-21-37(61)22-20-36/h4-9,12,14-25,31-32,40-45,60-61H,11,26-30H2,1-3H3,(H,55,66)/t40-,41-,42-,43-,44+,45+,52-/m0/s1. The number of fused-ring (bicyclic) bond motifs is 3. The van der Waals surface area contributed by atoms with E-state index in [1.165, 1.54) is 19.2 Å². The third kappa shape index (κ3) is 7.86. The van der Waals surface area contributed by atoms with Crippen molar-refractivity contribution in [2.75, 3.05) is 49.7 Å². The number of aromatic hydroxyl groups is 1. The Balaban J connectivity index is 1.32. The van der Waals surface area contributed by atoms with Gasteiger partial charge < -0.3 is 34.8 Å². The zero-order valence-corrected chi connectivity index (χ0v) is 37.8. The predicted octanol–water partition coefficient (Wildman–Crippen LogP) is 4.84. The van der Waals surface area contributed by atoms with Crippen LogP contribution in [0.15, 0.2) is 122 Å². The number of rotatable bonds is 9. The van der Waals surface area contributed by atoms with E-state index in [1.807, 2.05) is 70.5 Å². The molecule has 68 heavy (non-hydrogen) atoms. The van der Waals surface area contributed by atoms with Crippen LogP contribution in [0.4, 0.5) is 16.4 Å². The lowest BCUT2D eigenvalue weighted by atomic mass is 9.64. The molecule has 16 heteroatoms. The Morgan fingerprint density at radius 2 is 1.51 bits per heavy atom. The molecule has 16 nitrogen and oxygen atoms in total. The Hall–Kier alpha value is -7.61. The van der Waals surface area contributed by atoms with Crippen LogP contribution in [0.2, 0.25) is 0 Å². The number of carbonyl (C=O) groups excluding carboxylic acids is 5. The fourth-order valence-corrected chi connectivity index (χ4v) is 10.4. The van der Waals surface area contributed by atoms with Crippen LogP contribution in [0.25, 0.3) is 0 Å². The highest BCUT2D eigenvalue weighted by molar-refractivity contribution is 6.25. The van der Waals surface area contributed by atoms with Crippen molar-refractivity contribution in [3.63, 3.8) is 0 Å². The molecule has 4 amide bonds. The van der Waals surface area contributed by atoms with Crippen molar-refractivity contribution >= 4 is 41.4 Å². The molecule has 1 aromatic heterocycles. The molecule has 7 atom stereocenters. The van der Waals surface area contributed by atoms with Crippen molar-refractivity contribution in [1.29, 1.82) is 0 Å². The molecule has 5 heterocycles. The summed E-state index contributed by atoms with van der Waals surface area (Å²) in [6.07, 6.45) is 2.49. The monoisotopic (exact) mass is 917 g/mol. The molecule has 348 valence electrons. The van der Waals surface area contributed by atoms with Gasteiger partial charge in [-0.15, -0.1) is 0 Å². The second-order valence-electron chi connectivity index (χ2n) is 17.6. The molecule has 0 aliphatic carbocycles. The van der Waals surface area contributed by atoms with Gasteiger partial charge in [-0.2, -0.15) is 0 Å². The number of hydrogen-bond donors (Lipinski definition) is 3. The lowest BCUT2D eigenvalue weighted by Gasteiger charge is -2.46. The molecule has 4 aromatic carbocycles. The van der Waals surface area contributed by atoms with Crippen LogP contribution in [0.3, 0.4) is 0 Å². The molecule has 4 aliphatic rings. The molecule has 3 N–H and O–H groups in total. The van der Waals surface area contributed by atoms with Crippen LogP contribution in [0, 0.1) is 23.7 Å². The topological polar surface area (TPSA) is 195 Å². The molecule has 9 rings (SSSR count). The number of nitrogens with zero attached hydrogens (tertiary/aromatic N) is 6. The van der Waals surface area contributed by atoms with Crippen LogP contribution < -0.4 is 15.1 Å². The lowest BCUT2D eigenvalue weighted by molar-refractivity contribution is -0.179. The van der Waals surface area contributed by atoms with Crippen molar-refractivity contribution in [3.8, 4) is 17.6 Å². The minimum atomic E-state index is -2.09. The molecule has 0 bridgehead atoms. The summed E-state index contributed by atoms with van der Waals surface area (Å²) in [7, 11) is 1.21. The van der Waals surface area contributed by atoms with E-state index in [0.29, 0.717) is 35.7 Å². The van der Waals surface area contributed by atoms with Gasteiger partial charge in [0, 0.05) is 50.6 Å². The van der Waals surface area contributed by atoms with Crippen LogP contribution in [-0.2, 0) is 34.1 Å². The normalized spacial score (nSPS) is 23.6. The minimum Gasteiger partial charge on any atom is -0.508 e. The van der Waals surface area contributed by atoms with Crippen molar-refractivity contribution in [2.45, 2.75) is 56.0 Å². The molecule has 0 radical (unpaired) electrons. The highest BCUT2D eigenvalue weighted by atomic mass is 16.6. The van der Waals surface area contributed by atoms with Gasteiger partial charge in [-0.1, -0.05) is 98.5 Å². The maximum Gasteiger partial charge on any atom is 0.329 e. The highest BCUT2D eigenvalue weighted by Crippen LogP contribution is 2.66. The second kappa shape index (κ2) is 18.9. The van der Waals surface area contributed by atoms with Gasteiger partial charge in [-0.05, 0) is 64.6 Å². The van der Waals surface area contributed by atoms with Crippen molar-refractivity contribution in [1.82, 2.24) is 25.1 Å². The maximum atomic E-state index is 16.6. The fourth-order valence-electron chi connectivity index (χ4n) is 10.4. The number of phenols is 1. The van der Waals surface area contributed by atoms with E-state index in [4.69, 9.17) is 9.47 Å². The molecular weight excluding hydrogens is 867 g/mol. The van der Waals surface area contributed by atoms with E-state index < -0.39 is 77.3 Å². The predicted molar refractivity (Wildman–Crippen MR) is 249 cm³/mol. The summed E-state index contributed by atoms with van der Waals surface area (Å²) in [6.45, 7) is 4.30. The van der Waals surface area contributed by atoms with Gasteiger partial charge >= 0.3 is 18.0 Å². The number of anilines is 2. The number of methoxy groups -OCH3 is 1. The first kappa shape index (κ1) is 45.5. The Labute approximate surface area is 393 Å². The minimum absolute atomic E-state index is 0.0619. The van der Waals surface area contributed by atoms with Crippen molar-refractivity contribution < 1.29 is 43.7 Å². The summed E-state index contributed by atoms with van der Waals surface area (Å²) in [4.78, 5) is 91.7. The van der Waals surface area contributed by atoms with E-state index >= 15 is 19.2 Å². The number of esters is 2. The third-order valence-corrected chi connectivity index (χ3v) is 13.4. The van der Waals surface area contributed by atoms with Crippen LogP contribution in [-0.4, -0.2) is 112 Å². The number of aliphatic hydroxyl groups is 1. The van der Waals surface area contributed by atoms with E-state index in [9.17, 15) is 15.0 Å². The number of carbonyl (C=O) groups is 5. The maximum absolute atomic E-state index is 16.6. The molecule has 4 aliphatic heterocycles. The second-order valence-corrected chi connectivity index (χ2v) is 17.6.